The molecule has 4 heterocycles. The van der Waals surface area contributed by atoms with Crippen molar-refractivity contribution >= 4 is 34.6 Å². The molecule has 8 nitrogen and oxygen atoms in total. The Balaban J connectivity index is 1.63. The lowest BCUT2D eigenvalue weighted by Gasteiger charge is -2.29. The molecule has 0 saturated carbocycles. The fourth-order valence-electron chi connectivity index (χ4n) is 5.13. The van der Waals surface area contributed by atoms with Gasteiger partial charge in [0.2, 0.25) is 5.91 Å². The summed E-state index contributed by atoms with van der Waals surface area (Å²) >= 11 is 5.91. The molecule has 0 radical (unpaired) electrons. The molecule has 0 aliphatic carbocycles. The Morgan fingerprint density at radius 2 is 1.97 bits per heavy atom. The number of benzene rings is 1. The summed E-state index contributed by atoms with van der Waals surface area (Å²) < 4.78 is 7.79. The summed E-state index contributed by atoms with van der Waals surface area (Å²) in [6.07, 6.45) is 5.48. The normalized spacial score (nSPS) is 16.8. The highest BCUT2D eigenvalue weighted by Crippen LogP contribution is 2.44. The summed E-state index contributed by atoms with van der Waals surface area (Å²) in [4.78, 5) is 23.0. The van der Waals surface area contributed by atoms with E-state index in [0.29, 0.717) is 16.5 Å². The number of nitrogens with zero attached hydrogens (tertiary/aromatic N) is 4. The van der Waals surface area contributed by atoms with Gasteiger partial charge < -0.3 is 24.8 Å². The summed E-state index contributed by atoms with van der Waals surface area (Å²) in [5.41, 5.74) is 6.89. The first kappa shape index (κ1) is 25.4. The minimum atomic E-state index is -0.178. The smallest absolute Gasteiger partial charge is 0.221 e. The Morgan fingerprint density at radius 3 is 2.66 bits per heavy atom. The number of ether oxygens (including phenoxy) is 1. The highest BCUT2D eigenvalue weighted by Gasteiger charge is 2.42. The van der Waals surface area contributed by atoms with E-state index in [4.69, 9.17) is 17.0 Å². The van der Waals surface area contributed by atoms with Gasteiger partial charge >= 0.3 is 0 Å². The standard InChI is InChI=1S/C29H30N6O2S/c1-18-14-23(19(2)34(18)17-21-8-7-12-30-16-21)28-27(24-9-5-6-13-31-24)33-29(38)35(28)22-10-11-26(37-4)25(15-22)32-20(3)36/h5-16,27-28H,17H2,1-4H3,(H,32,36)(H,33,38)/t27-,28-/m1/s1. The van der Waals surface area contributed by atoms with Crippen LogP contribution in [0.25, 0.3) is 0 Å². The van der Waals surface area contributed by atoms with E-state index < -0.39 is 0 Å². The summed E-state index contributed by atoms with van der Waals surface area (Å²) in [6.45, 7) is 6.46. The summed E-state index contributed by atoms with van der Waals surface area (Å²) in [6, 6.07) is 17.5. The van der Waals surface area contributed by atoms with Crippen LogP contribution in [-0.4, -0.2) is 32.7 Å². The Morgan fingerprint density at radius 1 is 1.13 bits per heavy atom. The monoisotopic (exact) mass is 526 g/mol. The Kier molecular flexibility index (Phi) is 7.11. The third kappa shape index (κ3) is 4.84. The number of aromatic nitrogens is 3. The van der Waals surface area contributed by atoms with Gasteiger partial charge in [0.1, 0.15) is 5.75 Å². The topological polar surface area (TPSA) is 84.3 Å². The van der Waals surface area contributed by atoms with Crippen LogP contribution in [0.4, 0.5) is 11.4 Å². The molecule has 0 unspecified atom stereocenters. The van der Waals surface area contributed by atoms with Gasteiger partial charge in [-0.3, -0.25) is 14.8 Å². The van der Waals surface area contributed by atoms with Crippen molar-refractivity contribution in [1.29, 1.82) is 0 Å². The molecule has 2 atom stereocenters. The number of carbonyl (C=O) groups excluding carboxylic acids is 1. The molecule has 1 saturated heterocycles. The maximum atomic E-state index is 11.9. The van der Waals surface area contributed by atoms with Crippen LogP contribution >= 0.6 is 12.2 Å². The maximum absolute atomic E-state index is 11.9. The molecule has 1 fully saturated rings. The molecule has 194 valence electrons. The van der Waals surface area contributed by atoms with Crippen molar-refractivity contribution in [2.75, 3.05) is 17.3 Å². The predicted molar refractivity (Wildman–Crippen MR) is 152 cm³/mol. The molecular formula is C29H30N6O2S. The van der Waals surface area contributed by atoms with Gasteiger partial charge in [-0.2, -0.15) is 0 Å². The molecule has 1 aliphatic rings. The largest absolute Gasteiger partial charge is 0.495 e. The van der Waals surface area contributed by atoms with E-state index in [-0.39, 0.29) is 18.0 Å². The van der Waals surface area contributed by atoms with Crippen LogP contribution in [0.5, 0.6) is 5.75 Å². The van der Waals surface area contributed by atoms with Gasteiger partial charge in [-0.1, -0.05) is 12.1 Å². The fourth-order valence-corrected chi connectivity index (χ4v) is 5.47. The third-order valence-corrected chi connectivity index (χ3v) is 7.18. The van der Waals surface area contributed by atoms with Gasteiger partial charge in [0.25, 0.3) is 0 Å². The van der Waals surface area contributed by atoms with E-state index in [0.717, 1.165) is 40.4 Å². The molecule has 1 amide bonds. The van der Waals surface area contributed by atoms with E-state index in [2.05, 4.69) is 56.0 Å². The number of pyridine rings is 2. The second kappa shape index (κ2) is 10.6. The highest BCUT2D eigenvalue weighted by atomic mass is 32.1. The van der Waals surface area contributed by atoms with E-state index in [1.807, 2.05) is 48.7 Å². The van der Waals surface area contributed by atoms with Gasteiger partial charge in [0.05, 0.1) is 30.6 Å². The number of methoxy groups -OCH3 is 1. The average Bonchev–Trinajstić information content (AvgIpc) is 3.40. The Bertz CT molecular complexity index is 1470. The molecule has 0 spiro atoms. The van der Waals surface area contributed by atoms with Crippen LogP contribution in [0.1, 0.15) is 47.2 Å². The lowest BCUT2D eigenvalue weighted by atomic mass is 9.96. The maximum Gasteiger partial charge on any atom is 0.221 e. The predicted octanol–water partition coefficient (Wildman–Crippen LogP) is 5.09. The van der Waals surface area contributed by atoms with Crippen molar-refractivity contribution in [3.05, 3.63) is 101 Å². The van der Waals surface area contributed by atoms with Crippen LogP contribution < -0.4 is 20.3 Å². The minimum absolute atomic E-state index is 0.176. The fraction of sp³-hybridized carbons (Fsp3) is 0.241. The van der Waals surface area contributed by atoms with Crippen LogP contribution in [0.2, 0.25) is 0 Å². The van der Waals surface area contributed by atoms with Crippen LogP contribution in [0.15, 0.2) is 73.2 Å². The Hall–Kier alpha value is -4.24. The first-order chi connectivity index (χ1) is 18.4. The first-order valence-electron chi connectivity index (χ1n) is 12.4. The van der Waals surface area contributed by atoms with Crippen molar-refractivity contribution in [3.8, 4) is 5.75 Å². The Labute approximate surface area is 227 Å². The van der Waals surface area contributed by atoms with Crippen LogP contribution in [0, 0.1) is 13.8 Å². The number of carbonyl (C=O) groups is 1. The molecule has 1 aliphatic heterocycles. The number of anilines is 2. The minimum Gasteiger partial charge on any atom is -0.495 e. The zero-order chi connectivity index (χ0) is 26.8. The number of thiocarbonyl (C=S) groups is 1. The molecule has 38 heavy (non-hydrogen) atoms. The lowest BCUT2D eigenvalue weighted by Crippen LogP contribution is -2.29. The van der Waals surface area contributed by atoms with E-state index >= 15 is 0 Å². The van der Waals surface area contributed by atoms with Crippen molar-refractivity contribution in [2.24, 2.45) is 0 Å². The molecule has 0 bridgehead atoms. The number of amides is 1. The van der Waals surface area contributed by atoms with E-state index in [1.165, 1.54) is 6.92 Å². The number of aryl methyl sites for hydroxylation is 1. The van der Waals surface area contributed by atoms with Crippen LogP contribution in [-0.2, 0) is 11.3 Å². The van der Waals surface area contributed by atoms with Crippen LogP contribution in [0.3, 0.4) is 0 Å². The number of rotatable bonds is 7. The second-order valence-corrected chi connectivity index (χ2v) is 9.72. The molecule has 9 heteroatoms. The van der Waals surface area contributed by atoms with Crippen molar-refractivity contribution < 1.29 is 9.53 Å². The molecule has 4 aromatic rings. The second-order valence-electron chi connectivity index (χ2n) is 9.34. The lowest BCUT2D eigenvalue weighted by molar-refractivity contribution is -0.114. The molecule has 3 aromatic heterocycles. The van der Waals surface area contributed by atoms with Gasteiger partial charge in [0, 0.05) is 49.1 Å². The molecular weight excluding hydrogens is 496 g/mol. The average molecular weight is 527 g/mol. The number of hydrogen-bond acceptors (Lipinski definition) is 5. The summed E-state index contributed by atoms with van der Waals surface area (Å²) in [5.74, 6) is 0.402. The quantitative estimate of drug-likeness (QED) is 0.325. The summed E-state index contributed by atoms with van der Waals surface area (Å²) in [5, 5.41) is 6.98. The highest BCUT2D eigenvalue weighted by molar-refractivity contribution is 7.80. The molecule has 5 rings (SSSR count). The number of hydrogen-bond donors (Lipinski definition) is 2. The summed E-state index contributed by atoms with van der Waals surface area (Å²) in [7, 11) is 1.58. The van der Waals surface area contributed by atoms with Crippen molar-refractivity contribution in [1.82, 2.24) is 19.9 Å². The zero-order valence-corrected chi connectivity index (χ0v) is 22.6. The van der Waals surface area contributed by atoms with Crippen molar-refractivity contribution in [3.63, 3.8) is 0 Å². The van der Waals surface area contributed by atoms with E-state index in [1.54, 1.807) is 19.5 Å². The first-order valence-corrected chi connectivity index (χ1v) is 12.8. The van der Waals surface area contributed by atoms with E-state index in [9.17, 15) is 4.79 Å². The van der Waals surface area contributed by atoms with Gasteiger partial charge in [-0.15, -0.1) is 0 Å². The van der Waals surface area contributed by atoms with Gasteiger partial charge in [-0.05, 0) is 79.7 Å². The third-order valence-electron chi connectivity index (χ3n) is 6.86. The van der Waals surface area contributed by atoms with Crippen molar-refractivity contribution in [2.45, 2.75) is 39.4 Å². The van der Waals surface area contributed by atoms with Gasteiger partial charge in [0.15, 0.2) is 5.11 Å². The number of nitrogens with one attached hydrogen (secondary N) is 2. The molecule has 1 aromatic carbocycles. The molecule has 2 N–H and O–H groups in total. The zero-order valence-electron chi connectivity index (χ0n) is 21.8. The SMILES string of the molecule is COc1ccc(N2C(=S)N[C@H](c3ccccn3)[C@H]2c2cc(C)n(Cc3cccnc3)c2C)cc1NC(C)=O. The van der Waals surface area contributed by atoms with Gasteiger partial charge in [-0.25, -0.2) is 0 Å².